The Kier molecular flexibility index (Phi) is 20.1. The van der Waals surface area contributed by atoms with Crippen molar-refractivity contribution in [1.29, 1.82) is 0 Å². The summed E-state index contributed by atoms with van der Waals surface area (Å²) in [5.74, 6) is 0.858. The molecule has 2 saturated carbocycles. The predicted octanol–water partition coefficient (Wildman–Crippen LogP) is 11.5. The first-order chi connectivity index (χ1) is 29.9. The SMILES string of the molecule is CC(C)(C)[Si](C)(C)O[C@@H](CCc1ccccc1)CC[C@@H]1[C@H]2CC(=O)O[C@H]2C[C@H]1OB(P)P.CC(C)(C)[Si](C)(C)O[C@H](/C=C/[C@@H]1[C@H]2CC(=O)O[C@H]2C[C@H]1OB(P)P)CCc1ccccc1. The van der Waals surface area contributed by atoms with Crippen molar-refractivity contribution in [2.24, 2.45) is 23.7 Å². The summed E-state index contributed by atoms with van der Waals surface area (Å²) >= 11 is 0. The van der Waals surface area contributed by atoms with Crippen LogP contribution in [0.1, 0.15) is 104 Å². The van der Waals surface area contributed by atoms with Crippen LogP contribution >= 0.6 is 36.5 Å². The van der Waals surface area contributed by atoms with Gasteiger partial charge in [-0.15, -0.1) is 36.5 Å². The molecule has 16 heteroatoms. The second kappa shape index (κ2) is 23.7. The quantitative estimate of drug-likeness (QED) is 0.0595. The predicted molar refractivity (Wildman–Crippen MR) is 284 cm³/mol. The summed E-state index contributed by atoms with van der Waals surface area (Å²) in [6, 6.07) is 21.3. The van der Waals surface area contributed by atoms with Crippen LogP contribution in [0.15, 0.2) is 72.8 Å². The molecule has 0 bridgehead atoms. The first-order valence-electron chi connectivity index (χ1n) is 23.8. The van der Waals surface area contributed by atoms with Gasteiger partial charge in [-0.3, -0.25) is 9.59 Å². The number of rotatable bonds is 19. The first kappa shape index (κ1) is 54.2. The van der Waals surface area contributed by atoms with E-state index in [0.717, 1.165) is 51.4 Å². The van der Waals surface area contributed by atoms with Gasteiger partial charge in [0.1, 0.15) is 12.2 Å². The molecule has 4 fully saturated rings. The molecular weight excluding hydrogens is 906 g/mol. The second-order valence-electron chi connectivity index (χ2n) is 21.7. The molecule has 0 spiro atoms. The summed E-state index contributed by atoms with van der Waals surface area (Å²) in [6.45, 7) is 23.1. The van der Waals surface area contributed by atoms with E-state index in [1.807, 2.05) is 0 Å². The number of hydrogen-bond donors (Lipinski definition) is 0. The highest BCUT2D eigenvalue weighted by molar-refractivity contribution is 7.92. The highest BCUT2D eigenvalue weighted by Crippen LogP contribution is 2.47. The zero-order chi connectivity index (χ0) is 47.0. The number of hydrogen-bond acceptors (Lipinski definition) is 8. The molecule has 2 heterocycles. The number of carbonyl (C=O) groups excluding carboxylic acids is 2. The molecule has 2 aromatic carbocycles. The lowest BCUT2D eigenvalue weighted by Crippen LogP contribution is -2.44. The lowest BCUT2D eigenvalue weighted by atomic mass is 9.86. The van der Waals surface area contributed by atoms with Gasteiger partial charge in [0.25, 0.3) is 0 Å². The van der Waals surface area contributed by atoms with Crippen molar-refractivity contribution in [2.45, 2.75) is 179 Å². The Morgan fingerprint density at radius 3 is 1.67 bits per heavy atom. The maximum absolute atomic E-state index is 11.9. The fraction of sp³-hybridized carbons (Fsp3) is 0.667. The number of ether oxygens (including phenoxy) is 2. The summed E-state index contributed by atoms with van der Waals surface area (Å²) < 4.78 is 37.3. The van der Waals surface area contributed by atoms with Gasteiger partial charge in [-0.2, -0.15) is 0 Å². The standard InChI is InChI=1S/C24H41BO4P2Si.C24H39BO4P2Si/c2*1-24(2,3)32(4,5)29-18(12-11-17-9-7-6-8-10-17)13-14-19-20-15-23(26)27-21(20)16-22(19)28-25(30)31/h6-10,18-22H,11-16,30-31H2,1-5H3;6-10,13-14,18-22H,11-12,15-16,30-31H2,1-5H3/b;14-13+/t2*18-,19+,20+,21-,22+/m00/s1. The zero-order valence-corrected chi connectivity index (χ0v) is 47.1. The van der Waals surface area contributed by atoms with Crippen LogP contribution < -0.4 is 0 Å². The molecule has 0 aromatic heterocycles. The van der Waals surface area contributed by atoms with Crippen molar-refractivity contribution < 1.29 is 37.2 Å². The van der Waals surface area contributed by atoms with Crippen molar-refractivity contribution in [3.8, 4) is 0 Å². The Morgan fingerprint density at radius 1 is 0.672 bits per heavy atom. The molecule has 0 amide bonds. The second-order valence-corrected chi connectivity index (χ2v) is 35.4. The molecule has 14 atom stereocenters. The Morgan fingerprint density at radius 2 is 1.14 bits per heavy atom. The molecule has 2 aromatic rings. The minimum Gasteiger partial charge on any atom is -0.462 e. The maximum Gasteiger partial charge on any atom is 0.336 e. The lowest BCUT2D eigenvalue weighted by Gasteiger charge is -2.40. The summed E-state index contributed by atoms with van der Waals surface area (Å²) in [5, 5.41) is 0.327. The molecule has 64 heavy (non-hydrogen) atoms. The molecule has 6 rings (SSSR count). The van der Waals surface area contributed by atoms with Gasteiger partial charge < -0.3 is 27.6 Å². The summed E-state index contributed by atoms with van der Waals surface area (Å²) in [4.78, 5) is 23.8. The average Bonchev–Trinajstić information content (AvgIpc) is 3.91. The van der Waals surface area contributed by atoms with Gasteiger partial charge in [-0.05, 0) is 91.8 Å². The molecular formula is C48H80B2O8P4Si2. The van der Waals surface area contributed by atoms with E-state index in [2.05, 4.69) is 177 Å². The molecule has 0 radical (unpaired) electrons. The van der Waals surface area contributed by atoms with E-state index >= 15 is 0 Å². The Balaban J connectivity index is 0.000000241. The van der Waals surface area contributed by atoms with Crippen molar-refractivity contribution in [2.75, 3.05) is 0 Å². The Labute approximate surface area is 399 Å². The summed E-state index contributed by atoms with van der Waals surface area (Å²) in [5.41, 5.74) is 2.69. The molecule has 4 aliphatic rings. The average molecular weight is 987 g/mol. The van der Waals surface area contributed by atoms with Crippen molar-refractivity contribution in [3.63, 3.8) is 0 Å². The molecule has 0 N–H and O–H groups in total. The minimum absolute atomic E-state index is 0.0113. The number of benzene rings is 2. The largest absolute Gasteiger partial charge is 0.462 e. The van der Waals surface area contributed by atoms with Crippen LogP contribution in [0, 0.1) is 23.7 Å². The molecule has 2 saturated heterocycles. The van der Waals surface area contributed by atoms with E-state index in [1.165, 1.54) is 11.1 Å². The number of carbonyl (C=O) groups is 2. The van der Waals surface area contributed by atoms with Crippen LogP contribution in [-0.4, -0.2) is 77.9 Å². The van der Waals surface area contributed by atoms with E-state index in [0.29, 0.717) is 18.8 Å². The molecule has 354 valence electrons. The van der Waals surface area contributed by atoms with Crippen LogP contribution in [-0.2, 0) is 50.1 Å². The van der Waals surface area contributed by atoms with Gasteiger partial charge in [0.2, 0.25) is 0 Å². The maximum atomic E-state index is 11.9. The first-order valence-corrected chi connectivity index (χ1v) is 32.2. The highest BCUT2D eigenvalue weighted by atomic mass is 31.1. The fourth-order valence-corrected chi connectivity index (χ4v) is 12.9. The Bertz CT molecular complexity index is 1810. The third-order valence-corrected chi connectivity index (χ3v) is 24.6. The van der Waals surface area contributed by atoms with Gasteiger partial charge in [0.05, 0.1) is 25.0 Å². The highest BCUT2D eigenvalue weighted by Gasteiger charge is 2.52. The molecule has 2 aliphatic carbocycles. The van der Waals surface area contributed by atoms with Gasteiger partial charge in [-0.1, -0.05) is 114 Å². The zero-order valence-electron chi connectivity index (χ0n) is 40.5. The van der Waals surface area contributed by atoms with Crippen molar-refractivity contribution in [1.82, 2.24) is 0 Å². The fourth-order valence-electron chi connectivity index (χ4n) is 9.39. The van der Waals surface area contributed by atoms with Crippen LogP contribution in [0.25, 0.3) is 0 Å². The van der Waals surface area contributed by atoms with E-state index < -0.39 is 16.6 Å². The third-order valence-electron chi connectivity index (χ3n) is 14.9. The number of fused-ring (bicyclic) bond motifs is 2. The van der Waals surface area contributed by atoms with Crippen molar-refractivity contribution in [3.05, 3.63) is 83.9 Å². The Hall–Kier alpha value is -0.756. The smallest absolute Gasteiger partial charge is 0.336 e. The topological polar surface area (TPSA) is 89.5 Å². The van der Waals surface area contributed by atoms with E-state index in [4.69, 9.17) is 27.6 Å². The molecule has 4 unspecified atom stereocenters. The van der Waals surface area contributed by atoms with Gasteiger partial charge in [0, 0.05) is 42.8 Å². The van der Waals surface area contributed by atoms with Crippen LogP contribution in [0.4, 0.5) is 0 Å². The van der Waals surface area contributed by atoms with E-state index in [-0.39, 0.29) is 89.1 Å². The number of aryl methyl sites for hydroxylation is 2. The minimum atomic E-state index is -1.93. The summed E-state index contributed by atoms with van der Waals surface area (Å²) in [7, 11) is 6.96. The number of esters is 2. The normalized spacial score (nSPS) is 26.8. The molecule has 8 nitrogen and oxygen atoms in total. The van der Waals surface area contributed by atoms with Crippen LogP contribution in [0.5, 0.6) is 0 Å². The van der Waals surface area contributed by atoms with Crippen LogP contribution in [0.2, 0.25) is 36.3 Å². The summed E-state index contributed by atoms with van der Waals surface area (Å²) in [6.07, 6.45) is 13.5. The van der Waals surface area contributed by atoms with E-state index in [1.54, 1.807) is 0 Å². The third kappa shape index (κ3) is 15.6. The monoisotopic (exact) mass is 986 g/mol. The lowest BCUT2D eigenvalue weighted by molar-refractivity contribution is -0.142. The molecule has 2 aliphatic heterocycles. The van der Waals surface area contributed by atoms with Gasteiger partial charge in [0.15, 0.2) is 16.6 Å². The van der Waals surface area contributed by atoms with E-state index in [9.17, 15) is 9.59 Å². The van der Waals surface area contributed by atoms with Crippen LogP contribution in [0.3, 0.4) is 0 Å². The van der Waals surface area contributed by atoms with Gasteiger partial charge in [-0.25, -0.2) is 0 Å². The van der Waals surface area contributed by atoms with Gasteiger partial charge >= 0.3 is 24.6 Å². The van der Waals surface area contributed by atoms with Crippen molar-refractivity contribution >= 4 is 77.8 Å².